The molecule has 0 aromatic heterocycles. The van der Waals surface area contributed by atoms with Crippen LogP contribution in [-0.2, 0) is 35.1 Å². The third kappa shape index (κ3) is 4.05. The van der Waals surface area contributed by atoms with Gasteiger partial charge in [0.25, 0.3) is 0 Å². The summed E-state index contributed by atoms with van der Waals surface area (Å²) in [5.41, 5.74) is -0.115. The van der Waals surface area contributed by atoms with Crippen molar-refractivity contribution in [1.29, 1.82) is 0 Å². The van der Waals surface area contributed by atoms with Gasteiger partial charge >= 0.3 is 5.97 Å². The zero-order valence-corrected chi connectivity index (χ0v) is 16.6. The molecule has 152 valence electrons. The van der Waals surface area contributed by atoms with E-state index >= 15 is 0 Å². The lowest BCUT2D eigenvalue weighted by molar-refractivity contribution is -0.253. The summed E-state index contributed by atoms with van der Waals surface area (Å²) in [7, 11) is 0. The largest absolute Gasteiger partial charge is 0.459 e. The molecule has 6 heteroatoms. The van der Waals surface area contributed by atoms with Gasteiger partial charge in [-0.1, -0.05) is 49.1 Å². The Balaban J connectivity index is 1.92. The fraction of sp³-hybridized carbons (Fsp3) is 0.500. The Morgan fingerprint density at radius 1 is 1.21 bits per heavy atom. The molecule has 3 rings (SSSR count). The van der Waals surface area contributed by atoms with Gasteiger partial charge in [0.15, 0.2) is 17.7 Å². The normalized spacial score (nSPS) is 31.8. The summed E-state index contributed by atoms with van der Waals surface area (Å²) in [6.45, 7) is 13.1. The number of carbonyl (C=O) groups is 1. The first kappa shape index (κ1) is 20.7. The third-order valence-electron chi connectivity index (χ3n) is 4.94. The number of hydrogen-bond acceptors (Lipinski definition) is 6. The minimum Gasteiger partial charge on any atom is -0.459 e. The van der Waals surface area contributed by atoms with E-state index in [1.54, 1.807) is 12.2 Å². The van der Waals surface area contributed by atoms with Crippen molar-refractivity contribution in [3.63, 3.8) is 0 Å². The number of fused-ring (bicyclic) bond motifs is 1. The Morgan fingerprint density at radius 2 is 1.93 bits per heavy atom. The van der Waals surface area contributed by atoms with Crippen LogP contribution in [0.4, 0.5) is 0 Å². The maximum absolute atomic E-state index is 11.7. The zero-order valence-electron chi connectivity index (χ0n) is 16.6. The van der Waals surface area contributed by atoms with E-state index in [1.807, 2.05) is 44.2 Å². The van der Waals surface area contributed by atoms with E-state index in [4.69, 9.17) is 23.7 Å². The van der Waals surface area contributed by atoms with Gasteiger partial charge < -0.3 is 23.7 Å². The van der Waals surface area contributed by atoms with E-state index in [9.17, 15) is 4.79 Å². The van der Waals surface area contributed by atoms with Crippen molar-refractivity contribution in [2.45, 2.75) is 69.8 Å². The molecule has 1 aromatic rings. The molecule has 6 nitrogen and oxygen atoms in total. The standard InChI is InChI=1S/C22H28O6/c1-6-11-17(25-15(3)23)22(7-2)19(24-14-16-12-9-8-10-13-16)18-20(28-22)27-21(4,5)26-18/h6-10,12-13,17-20H,1-2,11,14H2,3-5H3/t17-,18+,19+,20-,22-/m0/s1. The monoisotopic (exact) mass is 388 g/mol. The molecule has 28 heavy (non-hydrogen) atoms. The molecule has 2 fully saturated rings. The second-order valence-corrected chi connectivity index (χ2v) is 7.48. The quantitative estimate of drug-likeness (QED) is 0.502. The van der Waals surface area contributed by atoms with E-state index in [2.05, 4.69) is 13.2 Å². The molecule has 1 aromatic carbocycles. The van der Waals surface area contributed by atoms with Crippen LogP contribution in [0.2, 0.25) is 0 Å². The second kappa shape index (κ2) is 8.17. The highest BCUT2D eigenvalue weighted by Crippen LogP contribution is 2.47. The number of carbonyl (C=O) groups excluding carboxylic acids is 1. The number of hydrogen-bond donors (Lipinski definition) is 0. The van der Waals surface area contributed by atoms with Crippen LogP contribution in [0.25, 0.3) is 0 Å². The highest BCUT2D eigenvalue weighted by molar-refractivity contribution is 5.66. The van der Waals surface area contributed by atoms with Gasteiger partial charge in [-0.05, 0) is 19.4 Å². The fourth-order valence-corrected chi connectivity index (χ4v) is 3.79. The maximum atomic E-state index is 11.7. The van der Waals surface area contributed by atoms with Crippen molar-refractivity contribution < 1.29 is 28.5 Å². The van der Waals surface area contributed by atoms with Crippen molar-refractivity contribution in [2.24, 2.45) is 0 Å². The Bertz CT molecular complexity index is 715. The molecule has 2 heterocycles. The van der Waals surface area contributed by atoms with Crippen molar-refractivity contribution in [3.8, 4) is 0 Å². The van der Waals surface area contributed by atoms with Gasteiger partial charge in [0, 0.05) is 13.3 Å². The average Bonchev–Trinajstić information content (AvgIpc) is 3.09. The van der Waals surface area contributed by atoms with Crippen LogP contribution >= 0.6 is 0 Å². The Kier molecular flexibility index (Phi) is 6.05. The first-order valence-corrected chi connectivity index (χ1v) is 9.42. The number of rotatable bonds is 8. The molecule has 0 bridgehead atoms. The summed E-state index contributed by atoms with van der Waals surface area (Å²) in [6.07, 6.45) is 1.28. The summed E-state index contributed by atoms with van der Waals surface area (Å²) >= 11 is 0. The van der Waals surface area contributed by atoms with E-state index in [-0.39, 0.29) is 0 Å². The highest BCUT2D eigenvalue weighted by atomic mass is 16.8. The summed E-state index contributed by atoms with van der Waals surface area (Å²) in [6, 6.07) is 9.80. The van der Waals surface area contributed by atoms with E-state index in [1.165, 1.54) is 6.92 Å². The Labute approximate surface area is 166 Å². The maximum Gasteiger partial charge on any atom is 0.303 e. The molecule has 2 aliphatic heterocycles. The van der Waals surface area contributed by atoms with E-state index < -0.39 is 42.0 Å². The van der Waals surface area contributed by atoms with Gasteiger partial charge in [-0.15, -0.1) is 6.58 Å². The summed E-state index contributed by atoms with van der Waals surface area (Å²) < 4.78 is 30.1. The van der Waals surface area contributed by atoms with E-state index in [0.29, 0.717) is 13.0 Å². The van der Waals surface area contributed by atoms with Crippen LogP contribution in [0.1, 0.15) is 32.8 Å². The molecule has 0 amide bonds. The van der Waals surface area contributed by atoms with Crippen LogP contribution in [0, 0.1) is 0 Å². The molecule has 2 aliphatic rings. The minimum absolute atomic E-state index is 0.346. The van der Waals surface area contributed by atoms with Gasteiger partial charge in [0.2, 0.25) is 0 Å². The van der Waals surface area contributed by atoms with Crippen molar-refractivity contribution in [1.82, 2.24) is 0 Å². The van der Waals surface area contributed by atoms with Crippen molar-refractivity contribution in [2.75, 3.05) is 0 Å². The lowest BCUT2D eigenvalue weighted by Gasteiger charge is -2.39. The van der Waals surface area contributed by atoms with E-state index in [0.717, 1.165) is 5.56 Å². The predicted molar refractivity (Wildman–Crippen MR) is 103 cm³/mol. The van der Waals surface area contributed by atoms with Crippen LogP contribution in [0.5, 0.6) is 0 Å². The first-order valence-electron chi connectivity index (χ1n) is 9.42. The van der Waals surface area contributed by atoms with Crippen molar-refractivity contribution >= 4 is 5.97 Å². The molecule has 0 aliphatic carbocycles. The average molecular weight is 388 g/mol. The second-order valence-electron chi connectivity index (χ2n) is 7.48. The molecular formula is C22H28O6. The van der Waals surface area contributed by atoms with Gasteiger partial charge in [0.1, 0.15) is 18.3 Å². The molecule has 0 radical (unpaired) electrons. The molecule has 0 unspecified atom stereocenters. The first-order chi connectivity index (χ1) is 13.3. The van der Waals surface area contributed by atoms with Crippen LogP contribution in [0.3, 0.4) is 0 Å². The third-order valence-corrected chi connectivity index (χ3v) is 4.94. The molecule has 5 atom stereocenters. The minimum atomic E-state index is -1.12. The van der Waals surface area contributed by atoms with Crippen LogP contribution in [-0.4, -0.2) is 42.0 Å². The number of benzene rings is 1. The van der Waals surface area contributed by atoms with Gasteiger partial charge in [-0.2, -0.15) is 0 Å². The van der Waals surface area contributed by atoms with Crippen LogP contribution in [0.15, 0.2) is 55.6 Å². The predicted octanol–water partition coefficient (Wildman–Crippen LogP) is 3.51. The fourth-order valence-electron chi connectivity index (χ4n) is 3.79. The lowest BCUT2D eigenvalue weighted by Crippen LogP contribution is -2.54. The molecule has 0 spiro atoms. The summed E-state index contributed by atoms with van der Waals surface area (Å²) in [5, 5.41) is 0. The highest BCUT2D eigenvalue weighted by Gasteiger charge is 2.64. The topological polar surface area (TPSA) is 63.2 Å². The van der Waals surface area contributed by atoms with Gasteiger partial charge in [-0.3, -0.25) is 4.79 Å². The smallest absolute Gasteiger partial charge is 0.303 e. The summed E-state index contributed by atoms with van der Waals surface area (Å²) in [4.78, 5) is 11.7. The lowest BCUT2D eigenvalue weighted by atomic mass is 9.87. The molecule has 2 saturated heterocycles. The molecular weight excluding hydrogens is 360 g/mol. The Morgan fingerprint density at radius 3 is 2.54 bits per heavy atom. The Hall–Kier alpha value is -1.99. The SMILES string of the molecule is C=CC[C@H](OC(C)=O)[C@]1(C=C)O[C@@H]2OC(C)(C)O[C@@H]2[C@H]1OCc1ccccc1. The molecule has 0 saturated carbocycles. The zero-order chi connectivity index (χ0) is 20.4. The summed E-state index contributed by atoms with van der Waals surface area (Å²) in [5.74, 6) is -1.22. The van der Waals surface area contributed by atoms with Crippen LogP contribution < -0.4 is 0 Å². The van der Waals surface area contributed by atoms with Gasteiger partial charge in [0.05, 0.1) is 6.61 Å². The van der Waals surface area contributed by atoms with Crippen molar-refractivity contribution in [3.05, 3.63) is 61.2 Å². The van der Waals surface area contributed by atoms with Gasteiger partial charge in [-0.25, -0.2) is 0 Å². The number of esters is 1. The number of ether oxygens (including phenoxy) is 5. The molecule has 0 N–H and O–H groups in total.